The standard InChI is InChI=1S/C31H47FN4O4/c1-19(35-40-29(39)36(16-15-32)18-21-6-10-27(34-21)28(38)33-4)24-8-9-25-23-7-5-20-17-22(37)11-13-30(20,2)26(23)12-14-31(24,25)3/h17,21,23-27,34H,5-16,18H2,1-4H3,(H,33,38)/b35-19+/t21?,23-,24+,25-,26-,27?,30-,31+/m0/s1. The number of amides is 2. The van der Waals surface area contributed by atoms with Gasteiger partial charge in [-0.25, -0.2) is 9.18 Å². The minimum absolute atomic E-state index is 0.0662. The van der Waals surface area contributed by atoms with Crippen LogP contribution >= 0.6 is 0 Å². The van der Waals surface area contributed by atoms with Crippen LogP contribution < -0.4 is 10.6 Å². The Balaban J connectivity index is 1.22. The van der Waals surface area contributed by atoms with Gasteiger partial charge in [0.25, 0.3) is 0 Å². The van der Waals surface area contributed by atoms with Crippen LogP contribution in [0.1, 0.15) is 85.0 Å². The number of nitrogens with zero attached hydrogens (tertiary/aromatic N) is 2. The highest BCUT2D eigenvalue weighted by Gasteiger charge is 2.59. The van der Waals surface area contributed by atoms with E-state index >= 15 is 0 Å². The van der Waals surface area contributed by atoms with Gasteiger partial charge < -0.3 is 15.5 Å². The van der Waals surface area contributed by atoms with Gasteiger partial charge in [0.05, 0.1) is 18.3 Å². The van der Waals surface area contributed by atoms with Crippen molar-refractivity contribution in [1.29, 1.82) is 0 Å². The number of likely N-dealkylation sites (N-methyl/N-ethyl adjacent to an activating group) is 1. The summed E-state index contributed by atoms with van der Waals surface area (Å²) in [6, 6.07) is -0.384. The maximum absolute atomic E-state index is 13.3. The molecule has 0 aromatic heterocycles. The van der Waals surface area contributed by atoms with E-state index in [2.05, 4.69) is 29.6 Å². The second kappa shape index (κ2) is 11.5. The molecule has 2 unspecified atom stereocenters. The molecule has 3 saturated carbocycles. The predicted octanol–water partition coefficient (Wildman–Crippen LogP) is 4.79. The van der Waals surface area contributed by atoms with Crippen LogP contribution in [0.25, 0.3) is 0 Å². The third-order valence-electron chi connectivity index (χ3n) is 11.6. The van der Waals surface area contributed by atoms with Gasteiger partial charge in [0, 0.05) is 32.0 Å². The lowest BCUT2D eigenvalue weighted by atomic mass is 9.46. The second-order valence-electron chi connectivity index (χ2n) is 13.5. The molecule has 2 amide bonds. The van der Waals surface area contributed by atoms with E-state index in [4.69, 9.17) is 4.84 Å². The Bertz CT molecular complexity index is 1080. The number of alkyl halides is 1. The van der Waals surface area contributed by atoms with Crippen LogP contribution in [0.5, 0.6) is 0 Å². The predicted molar refractivity (Wildman–Crippen MR) is 151 cm³/mol. The van der Waals surface area contributed by atoms with E-state index in [1.807, 2.05) is 13.0 Å². The first kappa shape index (κ1) is 29.2. The van der Waals surface area contributed by atoms with Gasteiger partial charge in [-0.1, -0.05) is 24.6 Å². The summed E-state index contributed by atoms with van der Waals surface area (Å²) in [4.78, 5) is 43.8. The fourth-order valence-corrected chi connectivity index (χ4v) is 9.45. The number of fused-ring (bicyclic) bond motifs is 5. The van der Waals surface area contributed by atoms with Gasteiger partial charge in [0.2, 0.25) is 5.91 Å². The maximum Gasteiger partial charge on any atom is 0.436 e. The Hall–Kier alpha value is -2.29. The zero-order chi connectivity index (χ0) is 28.7. The van der Waals surface area contributed by atoms with Crippen LogP contribution in [-0.4, -0.2) is 67.3 Å². The number of carbonyl (C=O) groups is 3. The largest absolute Gasteiger partial charge is 0.436 e. The molecular weight excluding hydrogens is 511 g/mol. The SMILES string of the molecule is CNC(=O)C1CCC(CN(CCF)C(=O)O/N=C(\C)[C@H]2CC[C@H]3[C@@H]4CCC5=CC(=O)CC[C@]5(C)[C@H]4CC[C@]23C)N1. The molecule has 4 aliphatic carbocycles. The van der Waals surface area contributed by atoms with Crippen LogP contribution in [0.2, 0.25) is 0 Å². The van der Waals surface area contributed by atoms with Gasteiger partial charge >= 0.3 is 6.09 Å². The zero-order valence-corrected chi connectivity index (χ0v) is 24.6. The van der Waals surface area contributed by atoms with Gasteiger partial charge in [-0.3, -0.25) is 14.4 Å². The number of allylic oxidation sites excluding steroid dienone is 1. The topological polar surface area (TPSA) is 100 Å². The third-order valence-corrected chi connectivity index (χ3v) is 11.6. The van der Waals surface area contributed by atoms with Gasteiger partial charge in [-0.05, 0) is 99.4 Å². The first-order chi connectivity index (χ1) is 19.1. The average Bonchev–Trinajstić information content (AvgIpc) is 3.55. The average molecular weight is 559 g/mol. The summed E-state index contributed by atoms with van der Waals surface area (Å²) in [7, 11) is 1.60. The number of rotatable bonds is 7. The quantitative estimate of drug-likeness (QED) is 0.266. The molecule has 1 heterocycles. The van der Waals surface area contributed by atoms with Crippen molar-refractivity contribution >= 4 is 23.5 Å². The van der Waals surface area contributed by atoms with Crippen LogP contribution in [0.3, 0.4) is 0 Å². The minimum atomic E-state index is -0.668. The molecule has 0 aromatic carbocycles. The first-order valence-electron chi connectivity index (χ1n) is 15.4. The first-order valence-corrected chi connectivity index (χ1v) is 15.4. The van der Waals surface area contributed by atoms with Crippen molar-refractivity contribution in [3.63, 3.8) is 0 Å². The summed E-state index contributed by atoms with van der Waals surface area (Å²) in [5, 5.41) is 10.2. The summed E-state index contributed by atoms with van der Waals surface area (Å²) in [5.41, 5.74) is 2.51. The number of nitrogens with one attached hydrogen (secondary N) is 2. The van der Waals surface area contributed by atoms with E-state index in [1.54, 1.807) is 7.05 Å². The molecule has 0 aromatic rings. The molecule has 9 heteroatoms. The molecule has 40 heavy (non-hydrogen) atoms. The van der Waals surface area contributed by atoms with Crippen molar-refractivity contribution in [2.75, 3.05) is 26.8 Å². The molecule has 5 rings (SSSR count). The molecular formula is C31H47FN4O4. The fraction of sp³-hybridized carbons (Fsp3) is 0.806. The number of hydrogen-bond acceptors (Lipinski definition) is 6. The van der Waals surface area contributed by atoms with E-state index < -0.39 is 12.8 Å². The number of hydrogen-bond donors (Lipinski definition) is 2. The number of ketones is 1. The van der Waals surface area contributed by atoms with Crippen molar-refractivity contribution in [3.05, 3.63) is 11.6 Å². The Morgan fingerprint density at radius 1 is 1.12 bits per heavy atom. The van der Waals surface area contributed by atoms with Crippen LogP contribution in [0.4, 0.5) is 9.18 Å². The molecule has 222 valence electrons. The molecule has 2 N–H and O–H groups in total. The number of carbonyl (C=O) groups excluding carboxylic acids is 3. The smallest absolute Gasteiger partial charge is 0.358 e. The fourth-order valence-electron chi connectivity index (χ4n) is 9.45. The molecule has 8 atom stereocenters. The monoisotopic (exact) mass is 558 g/mol. The van der Waals surface area contributed by atoms with Crippen LogP contribution in [0, 0.1) is 34.5 Å². The van der Waals surface area contributed by atoms with Crippen LogP contribution in [-0.2, 0) is 14.4 Å². The van der Waals surface area contributed by atoms with E-state index in [9.17, 15) is 18.8 Å². The highest BCUT2D eigenvalue weighted by molar-refractivity contribution is 5.91. The lowest BCUT2D eigenvalue weighted by molar-refractivity contribution is -0.122. The van der Waals surface area contributed by atoms with E-state index in [-0.39, 0.29) is 47.8 Å². The van der Waals surface area contributed by atoms with Gasteiger partial charge in [0.15, 0.2) is 5.78 Å². The molecule has 1 aliphatic heterocycles. The minimum Gasteiger partial charge on any atom is -0.358 e. The van der Waals surface area contributed by atoms with Gasteiger partial charge in [-0.2, -0.15) is 0 Å². The summed E-state index contributed by atoms with van der Waals surface area (Å²) in [5.74, 6) is 2.38. The lowest BCUT2D eigenvalue weighted by Gasteiger charge is -2.58. The molecule has 0 bridgehead atoms. The van der Waals surface area contributed by atoms with Crippen LogP contribution in [0.15, 0.2) is 16.8 Å². The molecule has 5 aliphatic rings. The number of halogens is 1. The van der Waals surface area contributed by atoms with Gasteiger partial charge in [-0.15, -0.1) is 0 Å². The Kier molecular flexibility index (Phi) is 8.42. The molecule has 8 nitrogen and oxygen atoms in total. The second-order valence-corrected chi connectivity index (χ2v) is 13.5. The van der Waals surface area contributed by atoms with Crippen molar-refractivity contribution < 1.29 is 23.6 Å². The summed E-state index contributed by atoms with van der Waals surface area (Å²) < 4.78 is 13.3. The molecule has 4 fully saturated rings. The van der Waals surface area contributed by atoms with Crippen molar-refractivity contribution in [3.8, 4) is 0 Å². The summed E-state index contributed by atoms with van der Waals surface area (Å²) in [6.07, 6.45) is 11.1. The summed E-state index contributed by atoms with van der Waals surface area (Å²) in [6.45, 7) is 6.33. The maximum atomic E-state index is 13.3. The lowest BCUT2D eigenvalue weighted by Crippen LogP contribution is -2.51. The zero-order valence-electron chi connectivity index (χ0n) is 24.6. The third kappa shape index (κ3) is 5.23. The van der Waals surface area contributed by atoms with Crippen molar-refractivity contribution in [1.82, 2.24) is 15.5 Å². The van der Waals surface area contributed by atoms with Gasteiger partial charge in [0.1, 0.15) is 6.67 Å². The Morgan fingerprint density at radius 2 is 1.93 bits per heavy atom. The Labute approximate surface area is 237 Å². The van der Waals surface area contributed by atoms with Crippen molar-refractivity contribution in [2.24, 2.45) is 39.7 Å². The number of oxime groups is 1. The Morgan fingerprint density at radius 3 is 2.67 bits per heavy atom. The summed E-state index contributed by atoms with van der Waals surface area (Å²) >= 11 is 0. The highest BCUT2D eigenvalue weighted by Crippen LogP contribution is 2.66. The highest BCUT2D eigenvalue weighted by atomic mass is 19.1. The molecule has 0 radical (unpaired) electrons. The van der Waals surface area contributed by atoms with E-state index in [1.165, 1.54) is 16.9 Å². The molecule has 1 saturated heterocycles. The van der Waals surface area contributed by atoms with E-state index in [0.717, 1.165) is 50.7 Å². The van der Waals surface area contributed by atoms with Crippen molar-refractivity contribution in [2.45, 2.75) is 97.1 Å². The normalized spacial score (nSPS) is 39.1. The molecule has 0 spiro atoms. The van der Waals surface area contributed by atoms with E-state index in [0.29, 0.717) is 36.4 Å².